The van der Waals surface area contributed by atoms with Crippen molar-refractivity contribution in [1.82, 2.24) is 4.98 Å². The molecule has 0 N–H and O–H groups in total. The summed E-state index contributed by atoms with van der Waals surface area (Å²) in [6, 6.07) is 16.6. The Balaban J connectivity index is 1.69. The SMILES string of the molecule is COc1ccc(-c2cc(C(=O)OC(C)C(=O)c3ccc(F)c(F)c3)c3ccccc3n2)cc1OC. The fraction of sp³-hybridized carbons (Fsp3) is 0.148. The van der Waals surface area contributed by atoms with Gasteiger partial charge in [0.15, 0.2) is 29.2 Å². The molecule has 0 aliphatic rings. The molecule has 0 radical (unpaired) electrons. The quantitative estimate of drug-likeness (QED) is 0.254. The molecule has 0 spiro atoms. The molecule has 0 saturated carbocycles. The van der Waals surface area contributed by atoms with Crippen molar-refractivity contribution in [2.24, 2.45) is 0 Å². The molecule has 0 bridgehead atoms. The van der Waals surface area contributed by atoms with Crippen LogP contribution in [0.5, 0.6) is 11.5 Å². The molecule has 0 aliphatic carbocycles. The lowest BCUT2D eigenvalue weighted by molar-refractivity contribution is 0.0320. The highest BCUT2D eigenvalue weighted by atomic mass is 19.2. The normalized spacial score (nSPS) is 11.7. The third-order valence-electron chi connectivity index (χ3n) is 5.47. The van der Waals surface area contributed by atoms with E-state index in [1.165, 1.54) is 21.1 Å². The number of ketones is 1. The first kappa shape index (κ1) is 23.8. The Bertz CT molecular complexity index is 1440. The van der Waals surface area contributed by atoms with E-state index in [4.69, 9.17) is 14.2 Å². The van der Waals surface area contributed by atoms with Gasteiger partial charge in [-0.2, -0.15) is 0 Å². The first-order valence-corrected chi connectivity index (χ1v) is 10.6. The number of para-hydroxylation sites is 1. The zero-order valence-corrected chi connectivity index (χ0v) is 19.2. The zero-order chi connectivity index (χ0) is 25.1. The number of hydrogen-bond donors (Lipinski definition) is 0. The minimum absolute atomic E-state index is 0.102. The van der Waals surface area contributed by atoms with Crippen LogP contribution in [0.3, 0.4) is 0 Å². The van der Waals surface area contributed by atoms with Crippen LogP contribution >= 0.6 is 0 Å². The van der Waals surface area contributed by atoms with E-state index >= 15 is 0 Å². The summed E-state index contributed by atoms with van der Waals surface area (Å²) in [7, 11) is 3.05. The molecule has 6 nitrogen and oxygen atoms in total. The Labute approximate surface area is 200 Å². The number of hydrogen-bond acceptors (Lipinski definition) is 6. The van der Waals surface area contributed by atoms with Crippen molar-refractivity contribution in [1.29, 1.82) is 0 Å². The lowest BCUT2D eigenvalue weighted by Crippen LogP contribution is -2.25. The van der Waals surface area contributed by atoms with Crippen molar-refractivity contribution in [3.63, 3.8) is 0 Å². The number of benzene rings is 3. The number of aromatic nitrogens is 1. The Kier molecular flexibility index (Phi) is 6.73. The number of fused-ring (bicyclic) bond motifs is 1. The van der Waals surface area contributed by atoms with Crippen molar-refractivity contribution >= 4 is 22.7 Å². The van der Waals surface area contributed by atoms with Crippen molar-refractivity contribution in [3.05, 3.63) is 89.5 Å². The molecule has 0 aliphatic heterocycles. The molecule has 1 atom stereocenters. The van der Waals surface area contributed by atoms with Gasteiger partial charge in [0, 0.05) is 16.5 Å². The molecule has 178 valence electrons. The lowest BCUT2D eigenvalue weighted by Gasteiger charge is -2.15. The fourth-order valence-electron chi connectivity index (χ4n) is 3.65. The van der Waals surface area contributed by atoms with Gasteiger partial charge in [0.2, 0.25) is 5.78 Å². The van der Waals surface area contributed by atoms with Crippen LogP contribution < -0.4 is 9.47 Å². The summed E-state index contributed by atoms with van der Waals surface area (Å²) in [5, 5.41) is 0.536. The van der Waals surface area contributed by atoms with Crippen LogP contribution in [0.15, 0.2) is 66.7 Å². The molecular weight excluding hydrogens is 456 g/mol. The Morgan fingerprint density at radius 3 is 2.31 bits per heavy atom. The maximum absolute atomic E-state index is 13.6. The van der Waals surface area contributed by atoms with Gasteiger partial charge in [0.05, 0.1) is 31.0 Å². The van der Waals surface area contributed by atoms with Crippen LogP contribution in [0.25, 0.3) is 22.2 Å². The molecule has 3 aromatic carbocycles. The highest BCUT2D eigenvalue weighted by Crippen LogP contribution is 2.33. The zero-order valence-electron chi connectivity index (χ0n) is 19.2. The number of nitrogens with zero attached hydrogens (tertiary/aromatic N) is 1. The Hall–Kier alpha value is -4.33. The molecule has 1 unspecified atom stereocenters. The number of carbonyl (C=O) groups is 2. The number of carbonyl (C=O) groups excluding carboxylic acids is 2. The van der Waals surface area contributed by atoms with E-state index in [0.29, 0.717) is 33.7 Å². The molecule has 0 saturated heterocycles. The van der Waals surface area contributed by atoms with Crippen LogP contribution in [-0.2, 0) is 4.74 Å². The highest BCUT2D eigenvalue weighted by Gasteiger charge is 2.23. The summed E-state index contributed by atoms with van der Waals surface area (Å²) in [5.74, 6) is -2.60. The smallest absolute Gasteiger partial charge is 0.339 e. The number of ether oxygens (including phenoxy) is 3. The van der Waals surface area contributed by atoms with Crippen LogP contribution in [0.4, 0.5) is 8.78 Å². The maximum Gasteiger partial charge on any atom is 0.339 e. The van der Waals surface area contributed by atoms with Crippen LogP contribution in [-0.4, -0.2) is 37.1 Å². The van der Waals surface area contributed by atoms with Gasteiger partial charge in [-0.15, -0.1) is 0 Å². The average molecular weight is 477 g/mol. The van der Waals surface area contributed by atoms with E-state index in [1.807, 2.05) is 0 Å². The second-order valence-electron chi connectivity index (χ2n) is 7.68. The number of pyridine rings is 1. The van der Waals surface area contributed by atoms with Gasteiger partial charge >= 0.3 is 5.97 Å². The summed E-state index contributed by atoms with van der Waals surface area (Å²) < 4.78 is 42.8. The number of rotatable bonds is 7. The van der Waals surface area contributed by atoms with Gasteiger partial charge < -0.3 is 14.2 Å². The lowest BCUT2D eigenvalue weighted by atomic mass is 10.0. The van der Waals surface area contributed by atoms with Crippen molar-refractivity contribution in [2.75, 3.05) is 14.2 Å². The van der Waals surface area contributed by atoms with Crippen LogP contribution in [0, 0.1) is 11.6 Å². The third-order valence-corrected chi connectivity index (χ3v) is 5.47. The predicted molar refractivity (Wildman–Crippen MR) is 126 cm³/mol. The maximum atomic E-state index is 13.6. The van der Waals surface area contributed by atoms with Crippen molar-refractivity contribution in [2.45, 2.75) is 13.0 Å². The van der Waals surface area contributed by atoms with Crippen molar-refractivity contribution < 1.29 is 32.6 Å². The monoisotopic (exact) mass is 477 g/mol. The van der Waals surface area contributed by atoms with E-state index < -0.39 is 29.5 Å². The van der Waals surface area contributed by atoms with E-state index in [2.05, 4.69) is 4.98 Å². The second kappa shape index (κ2) is 9.89. The topological polar surface area (TPSA) is 74.7 Å². The van der Waals surface area contributed by atoms with Crippen LogP contribution in [0.1, 0.15) is 27.6 Å². The summed E-state index contributed by atoms with van der Waals surface area (Å²) in [6.45, 7) is 1.38. The van der Waals surface area contributed by atoms with Gasteiger partial charge in [-0.1, -0.05) is 18.2 Å². The van der Waals surface area contributed by atoms with Crippen LogP contribution in [0.2, 0.25) is 0 Å². The number of Topliss-reactive ketones (excluding diaryl/α,β-unsaturated/α-hetero) is 1. The van der Waals surface area contributed by atoms with Gasteiger partial charge in [-0.25, -0.2) is 18.6 Å². The second-order valence-corrected chi connectivity index (χ2v) is 7.68. The minimum Gasteiger partial charge on any atom is -0.493 e. The van der Waals surface area contributed by atoms with Gasteiger partial charge in [0.25, 0.3) is 0 Å². The standard InChI is InChI=1S/C27H21F2NO5/c1-15(26(31)17-8-10-20(28)21(29)12-17)35-27(32)19-14-23(30-22-7-5-4-6-18(19)22)16-9-11-24(33-2)25(13-16)34-3/h4-15H,1-3H3. The first-order chi connectivity index (χ1) is 16.8. The molecule has 1 heterocycles. The van der Waals surface area contributed by atoms with E-state index in [9.17, 15) is 18.4 Å². The molecular formula is C27H21F2NO5. The van der Waals surface area contributed by atoms with Gasteiger partial charge in [0.1, 0.15) is 0 Å². The largest absolute Gasteiger partial charge is 0.493 e. The number of esters is 1. The summed E-state index contributed by atoms with van der Waals surface area (Å²) in [4.78, 5) is 30.5. The first-order valence-electron chi connectivity index (χ1n) is 10.6. The highest BCUT2D eigenvalue weighted by molar-refractivity contribution is 6.06. The molecule has 4 aromatic rings. The fourth-order valence-corrected chi connectivity index (χ4v) is 3.65. The summed E-state index contributed by atoms with van der Waals surface area (Å²) >= 11 is 0. The van der Waals surface area contributed by atoms with Gasteiger partial charge in [-0.05, 0) is 55.5 Å². The number of halogens is 2. The molecule has 1 aromatic heterocycles. The third kappa shape index (κ3) is 4.82. The molecule has 0 amide bonds. The Morgan fingerprint density at radius 2 is 1.60 bits per heavy atom. The predicted octanol–water partition coefficient (Wildman–Crippen LogP) is 5.63. The molecule has 0 fully saturated rings. The van der Waals surface area contributed by atoms with Gasteiger partial charge in [-0.3, -0.25) is 4.79 Å². The number of methoxy groups -OCH3 is 2. The minimum atomic E-state index is -1.23. The van der Waals surface area contributed by atoms with E-state index in [0.717, 1.165) is 18.2 Å². The Morgan fingerprint density at radius 1 is 0.857 bits per heavy atom. The molecule has 8 heteroatoms. The van der Waals surface area contributed by atoms with Crippen molar-refractivity contribution in [3.8, 4) is 22.8 Å². The average Bonchev–Trinajstić information content (AvgIpc) is 2.88. The summed E-state index contributed by atoms with van der Waals surface area (Å²) in [5.41, 5.74) is 1.80. The molecule has 4 rings (SSSR count). The van der Waals surface area contributed by atoms with E-state index in [-0.39, 0.29) is 11.1 Å². The summed E-state index contributed by atoms with van der Waals surface area (Å²) in [6.07, 6.45) is -1.23. The van der Waals surface area contributed by atoms with E-state index in [1.54, 1.807) is 48.5 Å². The molecule has 35 heavy (non-hydrogen) atoms.